The molecule has 1 aromatic heterocycles. The predicted octanol–water partition coefficient (Wildman–Crippen LogP) is 6.07. The van der Waals surface area contributed by atoms with Crippen molar-refractivity contribution in [2.75, 3.05) is 5.32 Å². The van der Waals surface area contributed by atoms with Crippen molar-refractivity contribution < 1.29 is 13.9 Å². The van der Waals surface area contributed by atoms with Crippen molar-refractivity contribution in [1.82, 2.24) is 0 Å². The lowest BCUT2D eigenvalue weighted by molar-refractivity contribution is 0.0992. The van der Waals surface area contributed by atoms with Crippen molar-refractivity contribution in [1.29, 1.82) is 0 Å². The second-order valence-electron chi connectivity index (χ2n) is 5.09. The summed E-state index contributed by atoms with van der Waals surface area (Å²) in [6.07, 6.45) is 0. The highest BCUT2D eigenvalue weighted by molar-refractivity contribution is 6.35. The van der Waals surface area contributed by atoms with Gasteiger partial charge in [-0.3, -0.25) is 4.79 Å². The number of furan rings is 1. The quantitative estimate of drug-likeness (QED) is 0.569. The van der Waals surface area contributed by atoms with Gasteiger partial charge in [0.15, 0.2) is 5.76 Å². The first-order valence-corrected chi connectivity index (χ1v) is 8.38. The number of hydrogen-bond donors (Lipinski definition) is 1. The maximum Gasteiger partial charge on any atom is 0.291 e. The third kappa shape index (κ3) is 4.69. The molecule has 0 spiro atoms. The van der Waals surface area contributed by atoms with Gasteiger partial charge in [0.05, 0.1) is 10.7 Å². The first-order valence-electron chi connectivity index (χ1n) is 7.25. The van der Waals surface area contributed by atoms with Gasteiger partial charge in [0, 0.05) is 10.0 Å². The molecule has 0 fully saturated rings. The van der Waals surface area contributed by atoms with Crippen LogP contribution in [0.3, 0.4) is 0 Å². The molecule has 7 heteroatoms. The van der Waals surface area contributed by atoms with E-state index in [0.29, 0.717) is 32.3 Å². The molecule has 0 aliphatic heterocycles. The van der Waals surface area contributed by atoms with Crippen LogP contribution in [0.2, 0.25) is 15.1 Å². The lowest BCUT2D eigenvalue weighted by Gasteiger charge is -2.06. The number of rotatable bonds is 5. The Balaban J connectivity index is 1.63. The van der Waals surface area contributed by atoms with E-state index in [4.69, 9.17) is 44.0 Å². The van der Waals surface area contributed by atoms with E-state index >= 15 is 0 Å². The van der Waals surface area contributed by atoms with Gasteiger partial charge in [-0.25, -0.2) is 0 Å². The SMILES string of the molecule is O=C(Nc1cc(Cl)ccc1Cl)c1ccc(COc2ccc(Cl)cc2)o1. The van der Waals surface area contributed by atoms with Gasteiger partial charge < -0.3 is 14.5 Å². The van der Waals surface area contributed by atoms with Gasteiger partial charge in [-0.1, -0.05) is 34.8 Å². The number of amides is 1. The normalized spacial score (nSPS) is 10.5. The minimum absolute atomic E-state index is 0.144. The minimum atomic E-state index is -0.429. The summed E-state index contributed by atoms with van der Waals surface area (Å²) < 4.78 is 11.1. The molecule has 3 rings (SSSR count). The van der Waals surface area contributed by atoms with E-state index in [-0.39, 0.29) is 12.4 Å². The molecule has 3 aromatic rings. The van der Waals surface area contributed by atoms with Gasteiger partial charge in [0.1, 0.15) is 18.1 Å². The van der Waals surface area contributed by atoms with E-state index in [2.05, 4.69) is 5.32 Å². The largest absolute Gasteiger partial charge is 0.486 e. The molecule has 0 radical (unpaired) electrons. The second-order valence-corrected chi connectivity index (χ2v) is 6.37. The van der Waals surface area contributed by atoms with Gasteiger partial charge in [0.2, 0.25) is 0 Å². The number of nitrogens with one attached hydrogen (secondary N) is 1. The van der Waals surface area contributed by atoms with Crippen LogP contribution in [0.1, 0.15) is 16.3 Å². The molecule has 0 atom stereocenters. The van der Waals surface area contributed by atoms with Crippen LogP contribution in [-0.4, -0.2) is 5.91 Å². The third-order valence-electron chi connectivity index (χ3n) is 3.26. The van der Waals surface area contributed by atoms with E-state index in [9.17, 15) is 4.79 Å². The van der Waals surface area contributed by atoms with Crippen molar-refractivity contribution in [2.45, 2.75) is 6.61 Å². The summed E-state index contributed by atoms with van der Waals surface area (Å²) in [5.74, 6) is 0.877. The van der Waals surface area contributed by atoms with Crippen LogP contribution < -0.4 is 10.1 Å². The monoisotopic (exact) mass is 395 g/mol. The highest BCUT2D eigenvalue weighted by atomic mass is 35.5. The van der Waals surface area contributed by atoms with Gasteiger partial charge in [0.25, 0.3) is 5.91 Å². The maximum absolute atomic E-state index is 12.2. The number of halogens is 3. The predicted molar refractivity (Wildman–Crippen MR) is 98.9 cm³/mol. The van der Waals surface area contributed by atoms with Gasteiger partial charge in [-0.15, -0.1) is 0 Å². The van der Waals surface area contributed by atoms with Gasteiger partial charge >= 0.3 is 0 Å². The fourth-order valence-electron chi connectivity index (χ4n) is 2.04. The minimum Gasteiger partial charge on any atom is -0.486 e. The van der Waals surface area contributed by atoms with E-state index in [1.807, 2.05) is 0 Å². The molecule has 1 heterocycles. The highest BCUT2D eigenvalue weighted by Gasteiger charge is 2.13. The number of hydrogen-bond acceptors (Lipinski definition) is 3. The molecule has 0 aliphatic carbocycles. The molecular formula is C18H12Cl3NO3. The Morgan fingerprint density at radius 1 is 0.960 bits per heavy atom. The number of carbonyl (C=O) groups is 1. The summed E-state index contributed by atoms with van der Waals surface area (Å²) in [6, 6.07) is 15.0. The molecule has 0 bridgehead atoms. The Bertz CT molecular complexity index is 891. The molecule has 128 valence electrons. The second kappa shape index (κ2) is 7.83. The van der Waals surface area contributed by atoms with E-state index < -0.39 is 5.91 Å². The lowest BCUT2D eigenvalue weighted by atomic mass is 10.3. The Kier molecular flexibility index (Phi) is 5.53. The molecule has 0 saturated heterocycles. The highest BCUT2D eigenvalue weighted by Crippen LogP contribution is 2.26. The standard InChI is InChI=1S/C18H12Cl3NO3/c19-11-1-4-13(5-2-11)24-10-14-6-8-17(25-14)18(23)22-16-9-12(20)3-7-15(16)21/h1-9H,10H2,(H,22,23). The van der Waals surface area contributed by atoms with Crippen LogP contribution in [0, 0.1) is 0 Å². The van der Waals surface area contributed by atoms with E-state index in [0.717, 1.165) is 0 Å². The van der Waals surface area contributed by atoms with E-state index in [1.165, 1.54) is 0 Å². The Morgan fingerprint density at radius 3 is 2.44 bits per heavy atom. The molecule has 1 N–H and O–H groups in total. The number of benzene rings is 2. The summed E-state index contributed by atoms with van der Waals surface area (Å²) in [5, 5.41) is 4.14. The van der Waals surface area contributed by atoms with Crippen LogP contribution in [-0.2, 0) is 6.61 Å². The average molecular weight is 397 g/mol. The maximum atomic E-state index is 12.2. The van der Waals surface area contributed by atoms with Crippen LogP contribution in [0.4, 0.5) is 5.69 Å². The summed E-state index contributed by atoms with van der Waals surface area (Å²) in [6.45, 7) is 0.187. The Hall–Kier alpha value is -2.14. The van der Waals surface area contributed by atoms with Crippen molar-refractivity contribution in [3.63, 3.8) is 0 Å². The number of ether oxygens (including phenoxy) is 1. The van der Waals surface area contributed by atoms with Gasteiger partial charge in [-0.2, -0.15) is 0 Å². The molecule has 2 aromatic carbocycles. The first kappa shape index (κ1) is 17.7. The van der Waals surface area contributed by atoms with Crippen molar-refractivity contribution in [2.24, 2.45) is 0 Å². The molecule has 0 saturated carbocycles. The summed E-state index contributed by atoms with van der Waals surface area (Å²) >= 11 is 17.7. The number of anilines is 1. The van der Waals surface area contributed by atoms with Gasteiger partial charge in [-0.05, 0) is 54.6 Å². The molecule has 4 nitrogen and oxygen atoms in total. The molecule has 25 heavy (non-hydrogen) atoms. The zero-order chi connectivity index (χ0) is 17.8. The van der Waals surface area contributed by atoms with Crippen molar-refractivity contribution >= 4 is 46.4 Å². The first-order chi connectivity index (χ1) is 12.0. The van der Waals surface area contributed by atoms with Crippen LogP contribution >= 0.6 is 34.8 Å². The zero-order valence-electron chi connectivity index (χ0n) is 12.8. The van der Waals surface area contributed by atoms with Crippen LogP contribution in [0.5, 0.6) is 5.75 Å². The Morgan fingerprint density at radius 2 is 1.68 bits per heavy atom. The molecule has 1 amide bonds. The van der Waals surface area contributed by atoms with Crippen LogP contribution in [0.15, 0.2) is 59.0 Å². The topological polar surface area (TPSA) is 51.5 Å². The molecular weight excluding hydrogens is 385 g/mol. The van der Waals surface area contributed by atoms with Crippen molar-refractivity contribution in [3.05, 3.63) is 81.2 Å². The summed E-state index contributed by atoms with van der Waals surface area (Å²) in [7, 11) is 0. The number of carbonyl (C=O) groups excluding carboxylic acids is 1. The molecule has 0 unspecified atom stereocenters. The average Bonchev–Trinajstić information content (AvgIpc) is 3.07. The zero-order valence-corrected chi connectivity index (χ0v) is 15.0. The molecule has 0 aliphatic rings. The summed E-state index contributed by atoms with van der Waals surface area (Å²) in [5.41, 5.74) is 0.412. The fraction of sp³-hybridized carbons (Fsp3) is 0.0556. The summed E-state index contributed by atoms with van der Waals surface area (Å²) in [4.78, 5) is 12.2. The smallest absolute Gasteiger partial charge is 0.291 e. The van der Waals surface area contributed by atoms with E-state index in [1.54, 1.807) is 54.6 Å². The lowest BCUT2D eigenvalue weighted by Crippen LogP contribution is -2.11. The third-order valence-corrected chi connectivity index (χ3v) is 4.07. The van der Waals surface area contributed by atoms with Crippen LogP contribution in [0.25, 0.3) is 0 Å². The fourth-order valence-corrected chi connectivity index (χ4v) is 2.50. The Labute approximate surface area is 159 Å². The van der Waals surface area contributed by atoms with Crippen molar-refractivity contribution in [3.8, 4) is 5.75 Å².